The maximum Gasteiger partial charge on any atom is 0.283 e. The zero-order chi connectivity index (χ0) is 19.1. The molecule has 138 valence electrons. The second-order valence-electron chi connectivity index (χ2n) is 7.00. The maximum absolute atomic E-state index is 13.3. The zero-order valence-corrected chi connectivity index (χ0v) is 15.3. The molecule has 0 N–H and O–H groups in total. The Labute approximate surface area is 154 Å². The van der Waals surface area contributed by atoms with Crippen molar-refractivity contribution in [2.45, 2.75) is 33.7 Å². The van der Waals surface area contributed by atoms with E-state index in [1.165, 1.54) is 23.0 Å². The molecule has 27 heavy (non-hydrogen) atoms. The van der Waals surface area contributed by atoms with Gasteiger partial charge in [0.25, 0.3) is 5.56 Å². The fourth-order valence-corrected chi connectivity index (χ4v) is 3.08. The molecule has 8 heteroatoms. The van der Waals surface area contributed by atoms with Crippen molar-refractivity contribution in [1.29, 1.82) is 0 Å². The van der Waals surface area contributed by atoms with Crippen molar-refractivity contribution in [2.24, 2.45) is 5.92 Å². The summed E-state index contributed by atoms with van der Waals surface area (Å²) in [5.74, 6) is 0.168. The Morgan fingerprint density at radius 3 is 2.56 bits per heavy atom. The molecule has 3 heterocycles. The summed E-state index contributed by atoms with van der Waals surface area (Å²) in [6.07, 6.45) is 2.40. The van der Waals surface area contributed by atoms with Crippen molar-refractivity contribution < 1.29 is 4.39 Å². The van der Waals surface area contributed by atoms with Crippen LogP contribution >= 0.6 is 0 Å². The third kappa shape index (κ3) is 2.97. The van der Waals surface area contributed by atoms with E-state index in [9.17, 15) is 9.18 Å². The number of nitrogens with zero attached hydrogens (tertiary/aromatic N) is 6. The minimum atomic E-state index is -0.312. The molecule has 4 aromatic rings. The Balaban J connectivity index is 1.90. The lowest BCUT2D eigenvalue weighted by Gasteiger charge is -2.08. The van der Waals surface area contributed by atoms with Gasteiger partial charge >= 0.3 is 0 Å². The van der Waals surface area contributed by atoms with Crippen LogP contribution < -0.4 is 5.56 Å². The highest BCUT2D eigenvalue weighted by Gasteiger charge is 2.18. The van der Waals surface area contributed by atoms with Crippen LogP contribution in [0.3, 0.4) is 0 Å². The van der Waals surface area contributed by atoms with E-state index in [1.807, 2.05) is 6.92 Å². The molecule has 0 aliphatic rings. The lowest BCUT2D eigenvalue weighted by atomic mass is 10.1. The molecule has 4 rings (SSSR count). The molecule has 0 atom stereocenters. The van der Waals surface area contributed by atoms with Gasteiger partial charge in [-0.3, -0.25) is 9.36 Å². The Morgan fingerprint density at radius 2 is 1.85 bits per heavy atom. The van der Waals surface area contributed by atoms with Gasteiger partial charge in [0.2, 0.25) is 0 Å². The largest absolute Gasteiger partial charge is 0.297 e. The summed E-state index contributed by atoms with van der Waals surface area (Å²) < 4.78 is 16.3. The van der Waals surface area contributed by atoms with Crippen LogP contribution in [0.15, 0.2) is 35.4 Å². The van der Waals surface area contributed by atoms with Crippen molar-refractivity contribution in [2.75, 3.05) is 0 Å². The van der Waals surface area contributed by atoms with Crippen LogP contribution in [0.4, 0.5) is 4.39 Å². The smallest absolute Gasteiger partial charge is 0.283 e. The second-order valence-corrected chi connectivity index (χ2v) is 7.00. The van der Waals surface area contributed by atoms with Crippen LogP contribution in [0.1, 0.15) is 26.0 Å². The monoisotopic (exact) mass is 366 g/mol. The molecule has 1 aromatic carbocycles. The van der Waals surface area contributed by atoms with E-state index in [0.717, 1.165) is 17.5 Å². The summed E-state index contributed by atoms with van der Waals surface area (Å²) in [7, 11) is 0. The van der Waals surface area contributed by atoms with Crippen LogP contribution in [0.25, 0.3) is 27.9 Å². The van der Waals surface area contributed by atoms with Crippen LogP contribution in [0.5, 0.6) is 0 Å². The molecule has 0 aliphatic carbocycles. The zero-order valence-electron chi connectivity index (χ0n) is 15.3. The first-order valence-electron chi connectivity index (χ1n) is 8.83. The molecular formula is C19H19FN6O. The van der Waals surface area contributed by atoms with Gasteiger partial charge in [0.1, 0.15) is 12.1 Å². The van der Waals surface area contributed by atoms with E-state index >= 15 is 0 Å². The first-order chi connectivity index (χ1) is 13.0. The normalized spacial score (nSPS) is 11.7. The third-order valence-corrected chi connectivity index (χ3v) is 4.56. The molecule has 0 fully saturated rings. The van der Waals surface area contributed by atoms with Crippen LogP contribution in [-0.2, 0) is 6.54 Å². The first-order valence-corrected chi connectivity index (χ1v) is 8.83. The number of fused-ring (bicyclic) bond motifs is 3. The fraction of sp³-hybridized carbons (Fsp3) is 0.316. The van der Waals surface area contributed by atoms with Crippen molar-refractivity contribution in [3.05, 3.63) is 52.5 Å². The SMILES string of the molecule is Cc1nn2c(nnc3c(=O)n(CCC(C)C)cnc32)c1-c1ccc(F)cc1. The van der Waals surface area contributed by atoms with Gasteiger partial charge in [-0.2, -0.15) is 9.61 Å². The van der Waals surface area contributed by atoms with Crippen molar-refractivity contribution in [3.63, 3.8) is 0 Å². The molecule has 0 spiro atoms. The van der Waals surface area contributed by atoms with Crippen LogP contribution in [0, 0.1) is 18.7 Å². The summed E-state index contributed by atoms with van der Waals surface area (Å²) in [5.41, 5.74) is 3.03. The van der Waals surface area contributed by atoms with Crippen molar-refractivity contribution in [3.8, 4) is 11.1 Å². The van der Waals surface area contributed by atoms with E-state index in [4.69, 9.17) is 0 Å². The van der Waals surface area contributed by atoms with E-state index in [1.54, 1.807) is 16.7 Å². The number of hydrogen-bond acceptors (Lipinski definition) is 5. The quantitative estimate of drug-likeness (QED) is 0.555. The van der Waals surface area contributed by atoms with Gasteiger partial charge in [-0.25, -0.2) is 9.37 Å². The molecular weight excluding hydrogens is 347 g/mol. The highest BCUT2D eigenvalue weighted by molar-refractivity contribution is 5.83. The van der Waals surface area contributed by atoms with Gasteiger partial charge in [-0.05, 0) is 37.0 Å². The first kappa shape index (κ1) is 17.3. The van der Waals surface area contributed by atoms with Gasteiger partial charge in [-0.15, -0.1) is 10.2 Å². The lowest BCUT2D eigenvalue weighted by molar-refractivity contribution is 0.505. The number of aromatic nitrogens is 6. The van der Waals surface area contributed by atoms with Gasteiger partial charge in [0.05, 0.1) is 11.3 Å². The summed E-state index contributed by atoms with van der Waals surface area (Å²) in [5, 5.41) is 12.9. The Morgan fingerprint density at radius 1 is 1.11 bits per heavy atom. The summed E-state index contributed by atoms with van der Waals surface area (Å²) in [6.45, 7) is 6.62. The Hall–Kier alpha value is -3.16. The average Bonchev–Trinajstić information content (AvgIpc) is 2.98. The standard InChI is InChI=1S/C19H19FN6O/c1-11(2)8-9-25-10-21-18-16(19(25)27)22-23-17-15(12(3)24-26(17)18)13-4-6-14(20)7-5-13/h4-7,10-11H,8-9H2,1-3H3. The second kappa shape index (κ2) is 6.53. The molecule has 0 unspecified atom stereocenters. The van der Waals surface area contributed by atoms with Crippen LogP contribution in [-0.4, -0.2) is 29.4 Å². The third-order valence-electron chi connectivity index (χ3n) is 4.56. The predicted molar refractivity (Wildman–Crippen MR) is 99.9 cm³/mol. The summed E-state index contributed by atoms with van der Waals surface area (Å²) in [4.78, 5) is 17.1. The highest BCUT2D eigenvalue weighted by atomic mass is 19.1. The van der Waals surface area contributed by atoms with E-state index < -0.39 is 0 Å². The summed E-state index contributed by atoms with van der Waals surface area (Å²) >= 11 is 0. The fourth-order valence-electron chi connectivity index (χ4n) is 3.08. The summed E-state index contributed by atoms with van der Waals surface area (Å²) in [6, 6.07) is 6.11. The van der Waals surface area contributed by atoms with Crippen molar-refractivity contribution in [1.82, 2.24) is 29.4 Å². The minimum absolute atomic E-state index is 0.182. The van der Waals surface area contributed by atoms with Gasteiger partial charge in [-0.1, -0.05) is 26.0 Å². The molecule has 3 aromatic heterocycles. The number of hydrogen-bond donors (Lipinski definition) is 0. The molecule has 0 saturated carbocycles. The molecule has 0 saturated heterocycles. The predicted octanol–water partition coefficient (Wildman–Crippen LogP) is 2.99. The molecule has 0 amide bonds. The maximum atomic E-state index is 13.3. The van der Waals surface area contributed by atoms with E-state index in [0.29, 0.717) is 29.5 Å². The molecule has 0 aliphatic heterocycles. The molecule has 0 bridgehead atoms. The number of halogens is 1. The van der Waals surface area contributed by atoms with Gasteiger partial charge in [0, 0.05) is 6.54 Å². The van der Waals surface area contributed by atoms with Gasteiger partial charge < -0.3 is 0 Å². The number of rotatable bonds is 4. The molecule has 7 nitrogen and oxygen atoms in total. The lowest BCUT2D eigenvalue weighted by Crippen LogP contribution is -2.23. The Bertz CT molecular complexity index is 1190. The van der Waals surface area contributed by atoms with E-state index in [2.05, 4.69) is 34.1 Å². The van der Waals surface area contributed by atoms with Crippen LogP contribution in [0.2, 0.25) is 0 Å². The molecule has 0 radical (unpaired) electrons. The Kier molecular flexibility index (Phi) is 4.18. The topological polar surface area (TPSA) is 78.0 Å². The average molecular weight is 366 g/mol. The number of aryl methyl sites for hydroxylation is 2. The highest BCUT2D eigenvalue weighted by Crippen LogP contribution is 2.27. The van der Waals surface area contributed by atoms with E-state index in [-0.39, 0.29) is 16.9 Å². The van der Waals surface area contributed by atoms with Crippen molar-refractivity contribution >= 4 is 16.8 Å². The van der Waals surface area contributed by atoms with Gasteiger partial charge in [0.15, 0.2) is 16.8 Å². The minimum Gasteiger partial charge on any atom is -0.297 e. The number of benzene rings is 1.